The molecule has 7 nitrogen and oxygen atoms in total. The van der Waals surface area contributed by atoms with E-state index in [9.17, 15) is 9.59 Å². The zero-order chi connectivity index (χ0) is 15.2. The van der Waals surface area contributed by atoms with Crippen LogP contribution in [0.5, 0.6) is 0 Å². The number of rotatable bonds is 6. The van der Waals surface area contributed by atoms with Crippen LogP contribution in [0.2, 0.25) is 0 Å². The molecule has 0 aliphatic rings. The molecule has 0 saturated heterocycles. The van der Waals surface area contributed by atoms with Gasteiger partial charge in [-0.2, -0.15) is 5.10 Å². The molecule has 1 heterocycles. The molecule has 0 aliphatic heterocycles. The maximum absolute atomic E-state index is 11.7. The molecule has 1 aromatic heterocycles. The summed E-state index contributed by atoms with van der Waals surface area (Å²) in [6.07, 6.45) is 3.03. The molecule has 0 spiro atoms. The Hall–Kier alpha value is -2.67. The second-order valence-electron chi connectivity index (χ2n) is 4.68. The average Bonchev–Trinajstić information content (AvgIpc) is 2.86. The lowest BCUT2D eigenvalue weighted by molar-refractivity contribution is -0.123. The highest BCUT2D eigenvalue weighted by Crippen LogP contribution is 2.08. The highest BCUT2D eigenvalue weighted by molar-refractivity contribution is 5.96. The van der Waals surface area contributed by atoms with Crippen molar-refractivity contribution in [3.8, 4) is 0 Å². The average molecular weight is 287 g/mol. The lowest BCUT2D eigenvalue weighted by Gasteiger charge is -2.08. The first-order valence-corrected chi connectivity index (χ1v) is 6.45. The summed E-state index contributed by atoms with van der Waals surface area (Å²) in [6, 6.07) is 8.86. The van der Waals surface area contributed by atoms with Gasteiger partial charge in [0, 0.05) is 6.20 Å². The number of carbonyl (C=O) groups excluding carboxylic acids is 2. The van der Waals surface area contributed by atoms with Gasteiger partial charge in [0.15, 0.2) is 0 Å². The maximum atomic E-state index is 11.7. The summed E-state index contributed by atoms with van der Waals surface area (Å²) in [7, 11) is 0. The van der Waals surface area contributed by atoms with Gasteiger partial charge in [-0.15, -0.1) is 0 Å². The van der Waals surface area contributed by atoms with E-state index in [1.165, 1.54) is 6.20 Å². The molecule has 0 radical (unpaired) electrons. The largest absolute Gasteiger partial charge is 0.370 e. The van der Waals surface area contributed by atoms with E-state index in [-0.39, 0.29) is 6.42 Å². The standard InChI is InChI=1S/C14H17N5O2/c15-12(6-13(16)20)14(21)18-11-7-17-19(9-11)8-10-4-2-1-3-5-10/h1-5,7,9,12H,6,8,15H2,(H2,16,20)(H,18,21). The Bertz CT molecular complexity index is 623. The molecule has 0 fully saturated rings. The van der Waals surface area contributed by atoms with Crippen molar-refractivity contribution in [2.45, 2.75) is 19.0 Å². The van der Waals surface area contributed by atoms with Crippen molar-refractivity contribution in [2.75, 3.05) is 5.32 Å². The fourth-order valence-corrected chi connectivity index (χ4v) is 1.83. The van der Waals surface area contributed by atoms with E-state index in [0.717, 1.165) is 5.56 Å². The number of nitrogens with two attached hydrogens (primary N) is 2. The predicted molar refractivity (Wildman–Crippen MR) is 78.2 cm³/mol. The molecular formula is C14H17N5O2. The Morgan fingerprint density at radius 3 is 2.67 bits per heavy atom. The van der Waals surface area contributed by atoms with Gasteiger partial charge in [-0.05, 0) is 5.56 Å². The smallest absolute Gasteiger partial charge is 0.241 e. The number of anilines is 1. The zero-order valence-electron chi connectivity index (χ0n) is 11.4. The van der Waals surface area contributed by atoms with E-state index in [2.05, 4.69) is 10.4 Å². The minimum atomic E-state index is -0.958. The molecule has 1 atom stereocenters. The van der Waals surface area contributed by atoms with Crippen LogP contribution in [0.4, 0.5) is 5.69 Å². The molecule has 2 aromatic rings. The van der Waals surface area contributed by atoms with Gasteiger partial charge >= 0.3 is 0 Å². The van der Waals surface area contributed by atoms with Crippen LogP contribution in [0.15, 0.2) is 42.7 Å². The van der Waals surface area contributed by atoms with Crippen LogP contribution in [0, 0.1) is 0 Å². The van der Waals surface area contributed by atoms with Crippen LogP contribution in [0.1, 0.15) is 12.0 Å². The lowest BCUT2D eigenvalue weighted by atomic mass is 10.2. The maximum Gasteiger partial charge on any atom is 0.241 e. The van der Waals surface area contributed by atoms with Gasteiger partial charge in [-0.25, -0.2) is 0 Å². The molecule has 5 N–H and O–H groups in total. The van der Waals surface area contributed by atoms with Gasteiger partial charge < -0.3 is 16.8 Å². The predicted octanol–water partition coefficient (Wildman–Crippen LogP) is 0.0726. The minimum Gasteiger partial charge on any atom is -0.370 e. The summed E-state index contributed by atoms with van der Waals surface area (Å²) < 4.78 is 1.70. The molecule has 21 heavy (non-hydrogen) atoms. The molecule has 1 aromatic carbocycles. The van der Waals surface area contributed by atoms with Gasteiger partial charge in [-0.3, -0.25) is 14.3 Å². The van der Waals surface area contributed by atoms with Crippen molar-refractivity contribution >= 4 is 17.5 Å². The Kier molecular flexibility index (Phi) is 4.68. The van der Waals surface area contributed by atoms with Crippen LogP contribution in [0.25, 0.3) is 0 Å². The SMILES string of the molecule is NC(=O)CC(N)C(=O)Nc1cnn(Cc2ccccc2)c1. The number of nitrogens with one attached hydrogen (secondary N) is 1. The molecule has 0 bridgehead atoms. The van der Waals surface area contributed by atoms with Crippen LogP contribution in [-0.2, 0) is 16.1 Å². The first-order chi connectivity index (χ1) is 10.0. The number of amides is 2. The van der Waals surface area contributed by atoms with Gasteiger partial charge in [0.2, 0.25) is 11.8 Å². The summed E-state index contributed by atoms with van der Waals surface area (Å²) in [5.41, 5.74) is 12.2. The number of aromatic nitrogens is 2. The molecule has 7 heteroatoms. The third-order valence-electron chi connectivity index (χ3n) is 2.85. The molecular weight excluding hydrogens is 270 g/mol. The Morgan fingerprint density at radius 1 is 1.29 bits per heavy atom. The molecule has 2 rings (SSSR count). The summed E-state index contributed by atoms with van der Waals surface area (Å²) in [5.74, 6) is -1.08. The highest BCUT2D eigenvalue weighted by atomic mass is 16.2. The minimum absolute atomic E-state index is 0.190. The van der Waals surface area contributed by atoms with Crippen molar-refractivity contribution in [1.29, 1.82) is 0 Å². The van der Waals surface area contributed by atoms with Crippen molar-refractivity contribution in [3.05, 3.63) is 48.3 Å². The Morgan fingerprint density at radius 2 is 2.00 bits per heavy atom. The zero-order valence-corrected chi connectivity index (χ0v) is 11.4. The fraction of sp³-hybridized carbons (Fsp3) is 0.214. The number of benzene rings is 1. The molecule has 110 valence electrons. The van der Waals surface area contributed by atoms with Crippen molar-refractivity contribution in [1.82, 2.24) is 9.78 Å². The van der Waals surface area contributed by atoms with E-state index < -0.39 is 17.9 Å². The highest BCUT2D eigenvalue weighted by Gasteiger charge is 2.16. The third kappa shape index (κ3) is 4.43. The number of hydrogen-bond donors (Lipinski definition) is 3. The van der Waals surface area contributed by atoms with Crippen molar-refractivity contribution in [3.63, 3.8) is 0 Å². The quantitative estimate of drug-likeness (QED) is 0.697. The van der Waals surface area contributed by atoms with E-state index in [1.54, 1.807) is 10.9 Å². The van der Waals surface area contributed by atoms with Crippen LogP contribution < -0.4 is 16.8 Å². The normalized spacial score (nSPS) is 11.9. The summed E-state index contributed by atoms with van der Waals surface area (Å²) in [6.45, 7) is 0.601. The first kappa shape index (κ1) is 14.7. The molecule has 2 amide bonds. The second kappa shape index (κ2) is 6.67. The van der Waals surface area contributed by atoms with Crippen LogP contribution in [0.3, 0.4) is 0 Å². The van der Waals surface area contributed by atoms with Gasteiger partial charge in [0.05, 0.1) is 30.9 Å². The van der Waals surface area contributed by atoms with Gasteiger partial charge in [0.1, 0.15) is 0 Å². The van der Waals surface area contributed by atoms with E-state index >= 15 is 0 Å². The fourth-order valence-electron chi connectivity index (χ4n) is 1.83. The summed E-state index contributed by atoms with van der Waals surface area (Å²) >= 11 is 0. The summed E-state index contributed by atoms with van der Waals surface area (Å²) in [4.78, 5) is 22.5. The third-order valence-corrected chi connectivity index (χ3v) is 2.85. The molecule has 0 saturated carbocycles. The number of primary amides is 1. The first-order valence-electron chi connectivity index (χ1n) is 6.45. The van der Waals surface area contributed by atoms with Gasteiger partial charge in [-0.1, -0.05) is 30.3 Å². The number of nitrogens with zero attached hydrogens (tertiary/aromatic N) is 2. The molecule has 0 aliphatic carbocycles. The van der Waals surface area contributed by atoms with E-state index in [0.29, 0.717) is 12.2 Å². The topological polar surface area (TPSA) is 116 Å². The van der Waals surface area contributed by atoms with Crippen molar-refractivity contribution in [2.24, 2.45) is 11.5 Å². The monoisotopic (exact) mass is 287 g/mol. The Labute approximate surface area is 121 Å². The van der Waals surface area contributed by atoms with Gasteiger partial charge in [0.25, 0.3) is 0 Å². The Balaban J connectivity index is 1.94. The van der Waals surface area contributed by atoms with E-state index in [1.807, 2.05) is 30.3 Å². The lowest BCUT2D eigenvalue weighted by Crippen LogP contribution is -2.38. The van der Waals surface area contributed by atoms with Crippen LogP contribution in [-0.4, -0.2) is 27.6 Å². The van der Waals surface area contributed by atoms with Crippen LogP contribution >= 0.6 is 0 Å². The molecule has 1 unspecified atom stereocenters. The number of hydrogen-bond acceptors (Lipinski definition) is 4. The van der Waals surface area contributed by atoms with Crippen molar-refractivity contribution < 1.29 is 9.59 Å². The second-order valence-corrected chi connectivity index (χ2v) is 4.68. The van der Waals surface area contributed by atoms with E-state index in [4.69, 9.17) is 11.5 Å². The summed E-state index contributed by atoms with van der Waals surface area (Å²) in [5, 5.41) is 6.75. The number of carbonyl (C=O) groups is 2.